The third-order valence-electron chi connectivity index (χ3n) is 4.13. The maximum absolute atomic E-state index is 13.2. The number of hydrogen-bond donors (Lipinski definition) is 3. The molecule has 0 aliphatic rings. The van der Waals surface area contributed by atoms with Crippen LogP contribution in [0.2, 0.25) is 5.15 Å². The summed E-state index contributed by atoms with van der Waals surface area (Å²) in [6, 6.07) is 8.56. The monoisotopic (exact) mass is 501 g/mol. The van der Waals surface area contributed by atoms with Gasteiger partial charge in [0, 0.05) is 43.4 Å². The SMILES string of the molecule is CN=C(NCCc1ccc(Cl)nc1)NCCc1c[nH]c2cc(F)ccc12.I. The van der Waals surface area contributed by atoms with Gasteiger partial charge in [0.2, 0.25) is 0 Å². The number of H-pyrrole nitrogens is 1. The molecule has 0 amide bonds. The minimum Gasteiger partial charge on any atom is -0.361 e. The van der Waals surface area contributed by atoms with Crippen LogP contribution in [0.25, 0.3) is 10.9 Å². The summed E-state index contributed by atoms with van der Waals surface area (Å²) in [5, 5.41) is 8.12. The number of aromatic nitrogens is 2. The van der Waals surface area contributed by atoms with Gasteiger partial charge in [0.05, 0.1) is 0 Å². The van der Waals surface area contributed by atoms with Gasteiger partial charge in [0.25, 0.3) is 0 Å². The zero-order valence-corrected chi connectivity index (χ0v) is 18.0. The van der Waals surface area contributed by atoms with Gasteiger partial charge >= 0.3 is 0 Å². The van der Waals surface area contributed by atoms with E-state index in [4.69, 9.17) is 11.6 Å². The van der Waals surface area contributed by atoms with Crippen molar-refractivity contribution in [2.45, 2.75) is 12.8 Å². The molecule has 0 saturated carbocycles. The Hall–Kier alpha value is -1.87. The van der Waals surface area contributed by atoms with E-state index in [1.165, 1.54) is 12.1 Å². The average Bonchev–Trinajstić information content (AvgIpc) is 3.04. The Morgan fingerprint density at radius 2 is 1.96 bits per heavy atom. The van der Waals surface area contributed by atoms with Gasteiger partial charge in [0.15, 0.2) is 5.96 Å². The summed E-state index contributed by atoms with van der Waals surface area (Å²) in [5.41, 5.74) is 3.08. The molecule has 2 heterocycles. The fraction of sp³-hybridized carbons (Fsp3) is 0.263. The van der Waals surface area contributed by atoms with Crippen LogP contribution in [0.4, 0.5) is 4.39 Å². The Morgan fingerprint density at radius 3 is 2.67 bits per heavy atom. The maximum Gasteiger partial charge on any atom is 0.190 e. The van der Waals surface area contributed by atoms with Gasteiger partial charge < -0.3 is 15.6 Å². The van der Waals surface area contributed by atoms with Gasteiger partial charge in [0.1, 0.15) is 11.0 Å². The number of aromatic amines is 1. The highest BCUT2D eigenvalue weighted by atomic mass is 127. The second-order valence-corrected chi connectivity index (χ2v) is 6.31. The lowest BCUT2D eigenvalue weighted by molar-refractivity contribution is 0.629. The third kappa shape index (κ3) is 6.07. The van der Waals surface area contributed by atoms with Gasteiger partial charge in [-0.15, -0.1) is 24.0 Å². The van der Waals surface area contributed by atoms with E-state index < -0.39 is 0 Å². The number of aliphatic imine (C=N–C) groups is 1. The number of benzene rings is 1. The molecule has 0 atom stereocenters. The highest BCUT2D eigenvalue weighted by molar-refractivity contribution is 14.0. The Balaban J connectivity index is 0.00000261. The summed E-state index contributed by atoms with van der Waals surface area (Å²) in [4.78, 5) is 11.4. The first-order chi connectivity index (χ1) is 12.7. The van der Waals surface area contributed by atoms with Crippen LogP contribution < -0.4 is 10.6 Å². The van der Waals surface area contributed by atoms with Crippen LogP contribution >= 0.6 is 35.6 Å². The summed E-state index contributed by atoms with van der Waals surface area (Å²) in [6.07, 6.45) is 5.35. The molecule has 1 aromatic carbocycles. The molecular formula is C19H22ClFIN5. The lowest BCUT2D eigenvalue weighted by Gasteiger charge is -2.11. The van der Waals surface area contributed by atoms with E-state index in [0.29, 0.717) is 5.15 Å². The first-order valence-electron chi connectivity index (χ1n) is 8.46. The number of fused-ring (bicyclic) bond motifs is 1. The van der Waals surface area contributed by atoms with Crippen molar-refractivity contribution in [3.05, 3.63) is 64.8 Å². The van der Waals surface area contributed by atoms with Crippen LogP contribution in [-0.4, -0.2) is 36.1 Å². The number of hydrogen-bond acceptors (Lipinski definition) is 2. The molecule has 3 N–H and O–H groups in total. The molecule has 144 valence electrons. The van der Waals surface area contributed by atoms with E-state index in [-0.39, 0.29) is 29.8 Å². The van der Waals surface area contributed by atoms with Crippen molar-refractivity contribution in [2.75, 3.05) is 20.1 Å². The van der Waals surface area contributed by atoms with Crippen LogP contribution in [0, 0.1) is 5.82 Å². The van der Waals surface area contributed by atoms with E-state index in [0.717, 1.165) is 53.9 Å². The van der Waals surface area contributed by atoms with E-state index in [1.807, 2.05) is 18.3 Å². The molecule has 27 heavy (non-hydrogen) atoms. The Morgan fingerprint density at radius 1 is 1.19 bits per heavy atom. The normalized spacial score (nSPS) is 11.3. The standard InChI is InChI=1S/C19H21ClFN5.HI/c1-22-19(23-8-6-13-2-5-18(20)26-11-13)24-9-7-14-12-25-17-10-15(21)3-4-16(14)17;/h2-5,10-12,25H,6-9H2,1H3,(H2,22,23,24);1H. The van der Waals surface area contributed by atoms with Crippen molar-refractivity contribution in [3.8, 4) is 0 Å². The zero-order valence-electron chi connectivity index (χ0n) is 14.9. The number of nitrogens with one attached hydrogen (secondary N) is 3. The molecule has 3 aromatic rings. The van der Waals surface area contributed by atoms with Crippen molar-refractivity contribution < 1.29 is 4.39 Å². The molecule has 5 nitrogen and oxygen atoms in total. The van der Waals surface area contributed by atoms with Crippen LogP contribution in [0.1, 0.15) is 11.1 Å². The van der Waals surface area contributed by atoms with Crippen molar-refractivity contribution in [1.82, 2.24) is 20.6 Å². The summed E-state index contributed by atoms with van der Waals surface area (Å²) in [7, 11) is 1.74. The molecule has 2 aromatic heterocycles. The Kier molecular flexibility index (Phi) is 8.30. The highest BCUT2D eigenvalue weighted by Gasteiger charge is 2.05. The van der Waals surface area contributed by atoms with Gasteiger partial charge in [-0.1, -0.05) is 17.7 Å². The van der Waals surface area contributed by atoms with Gasteiger partial charge in [-0.05, 0) is 48.2 Å². The average molecular weight is 502 g/mol. The van der Waals surface area contributed by atoms with Crippen LogP contribution in [0.5, 0.6) is 0 Å². The molecule has 8 heteroatoms. The quantitative estimate of drug-likeness (QED) is 0.208. The summed E-state index contributed by atoms with van der Waals surface area (Å²) >= 11 is 5.79. The molecule has 0 saturated heterocycles. The predicted molar refractivity (Wildman–Crippen MR) is 120 cm³/mol. The van der Waals surface area contributed by atoms with E-state index in [9.17, 15) is 4.39 Å². The molecule has 0 unspecified atom stereocenters. The summed E-state index contributed by atoms with van der Waals surface area (Å²) in [6.45, 7) is 1.47. The van der Waals surface area contributed by atoms with Gasteiger partial charge in [-0.3, -0.25) is 4.99 Å². The fourth-order valence-electron chi connectivity index (χ4n) is 2.78. The summed E-state index contributed by atoms with van der Waals surface area (Å²) < 4.78 is 13.2. The second kappa shape index (κ2) is 10.5. The third-order valence-corrected chi connectivity index (χ3v) is 4.36. The number of halogens is 3. The van der Waals surface area contributed by atoms with Crippen molar-refractivity contribution in [3.63, 3.8) is 0 Å². The highest BCUT2D eigenvalue weighted by Crippen LogP contribution is 2.19. The second-order valence-electron chi connectivity index (χ2n) is 5.92. The zero-order chi connectivity index (χ0) is 18.4. The predicted octanol–water partition coefficient (Wildman–Crippen LogP) is 3.92. The molecule has 0 fully saturated rings. The Bertz CT molecular complexity index is 895. The largest absolute Gasteiger partial charge is 0.361 e. The van der Waals surface area contributed by atoms with Crippen LogP contribution in [0.3, 0.4) is 0 Å². The fourth-order valence-corrected chi connectivity index (χ4v) is 2.89. The number of pyridine rings is 1. The van der Waals surface area contributed by atoms with Crippen molar-refractivity contribution in [2.24, 2.45) is 4.99 Å². The maximum atomic E-state index is 13.2. The first-order valence-corrected chi connectivity index (χ1v) is 8.84. The number of rotatable bonds is 6. The topological polar surface area (TPSA) is 65.1 Å². The minimum atomic E-state index is -0.232. The van der Waals surface area contributed by atoms with Crippen LogP contribution in [-0.2, 0) is 12.8 Å². The Labute approximate surface area is 179 Å². The van der Waals surface area contributed by atoms with Gasteiger partial charge in [-0.2, -0.15) is 0 Å². The molecule has 0 bridgehead atoms. The van der Waals surface area contributed by atoms with Crippen LogP contribution in [0.15, 0.2) is 47.7 Å². The molecule has 0 radical (unpaired) electrons. The number of guanidine groups is 1. The molecular weight excluding hydrogens is 480 g/mol. The van der Waals surface area contributed by atoms with Gasteiger partial charge in [-0.25, -0.2) is 9.37 Å². The molecule has 0 aliphatic carbocycles. The van der Waals surface area contributed by atoms with E-state index in [2.05, 4.69) is 25.6 Å². The minimum absolute atomic E-state index is 0. The van der Waals surface area contributed by atoms with E-state index >= 15 is 0 Å². The van der Waals surface area contributed by atoms with E-state index in [1.54, 1.807) is 19.3 Å². The molecule has 0 spiro atoms. The van der Waals surface area contributed by atoms with Crippen molar-refractivity contribution in [1.29, 1.82) is 0 Å². The lowest BCUT2D eigenvalue weighted by atomic mass is 10.1. The van der Waals surface area contributed by atoms with Crippen molar-refractivity contribution >= 4 is 52.4 Å². The molecule has 0 aliphatic heterocycles. The first kappa shape index (κ1) is 21.4. The smallest absolute Gasteiger partial charge is 0.190 e. The number of nitrogens with zero attached hydrogens (tertiary/aromatic N) is 2. The lowest BCUT2D eigenvalue weighted by Crippen LogP contribution is -2.39. The molecule has 3 rings (SSSR count). The summed E-state index contributed by atoms with van der Waals surface area (Å²) in [5.74, 6) is 0.516.